The van der Waals surface area contributed by atoms with Crippen LogP contribution in [0, 0.1) is 0 Å². The van der Waals surface area contributed by atoms with Gasteiger partial charge in [0.15, 0.2) is 0 Å². The van der Waals surface area contributed by atoms with Gasteiger partial charge in [0.05, 0.1) is 22.2 Å². The van der Waals surface area contributed by atoms with E-state index in [1.807, 2.05) is 18.2 Å². The van der Waals surface area contributed by atoms with Gasteiger partial charge in [-0.3, -0.25) is 9.52 Å². The number of hydrogen-bond donors (Lipinski definition) is 2. The molecule has 29 heavy (non-hydrogen) atoms. The Labute approximate surface area is 170 Å². The first-order valence-corrected chi connectivity index (χ1v) is 11.1. The van der Waals surface area contributed by atoms with Gasteiger partial charge in [-0.05, 0) is 54.7 Å². The summed E-state index contributed by atoms with van der Waals surface area (Å²) in [6.07, 6.45) is 2.88. The van der Waals surface area contributed by atoms with Crippen LogP contribution < -0.4 is 10.0 Å². The van der Waals surface area contributed by atoms with Gasteiger partial charge in [0.1, 0.15) is 0 Å². The molecule has 1 amide bonds. The number of anilines is 1. The van der Waals surface area contributed by atoms with Gasteiger partial charge >= 0.3 is 0 Å². The van der Waals surface area contributed by atoms with E-state index in [0.717, 1.165) is 24.8 Å². The lowest BCUT2D eigenvalue weighted by Crippen LogP contribution is -2.31. The Morgan fingerprint density at radius 2 is 1.55 bits per heavy atom. The lowest BCUT2D eigenvalue weighted by molar-refractivity contribution is 0.0933. The number of nitrogens with one attached hydrogen (secondary N) is 2. The van der Waals surface area contributed by atoms with Crippen molar-refractivity contribution in [1.29, 1.82) is 0 Å². The molecular formula is C23H22N2O3S. The molecule has 148 valence electrons. The van der Waals surface area contributed by atoms with Crippen LogP contribution in [0.1, 0.15) is 40.4 Å². The van der Waals surface area contributed by atoms with Crippen LogP contribution >= 0.6 is 0 Å². The molecule has 3 aromatic carbocycles. The van der Waals surface area contributed by atoms with Crippen molar-refractivity contribution in [3.05, 3.63) is 95.6 Å². The van der Waals surface area contributed by atoms with Crippen LogP contribution in [0.25, 0.3) is 0 Å². The van der Waals surface area contributed by atoms with Crippen molar-refractivity contribution in [2.75, 3.05) is 4.72 Å². The summed E-state index contributed by atoms with van der Waals surface area (Å²) in [5.41, 5.74) is 2.95. The number of aryl methyl sites for hydroxylation is 1. The average Bonchev–Trinajstić information content (AvgIpc) is 2.75. The van der Waals surface area contributed by atoms with E-state index in [9.17, 15) is 13.2 Å². The Morgan fingerprint density at radius 1 is 0.862 bits per heavy atom. The Morgan fingerprint density at radius 3 is 2.38 bits per heavy atom. The molecule has 0 heterocycles. The lowest BCUT2D eigenvalue weighted by Gasteiger charge is -2.26. The Hall–Kier alpha value is -3.12. The van der Waals surface area contributed by atoms with Crippen LogP contribution in [0.4, 0.5) is 5.69 Å². The number of benzene rings is 3. The minimum absolute atomic E-state index is 0.0776. The van der Waals surface area contributed by atoms with Crippen molar-refractivity contribution in [3.63, 3.8) is 0 Å². The molecule has 0 aromatic heterocycles. The van der Waals surface area contributed by atoms with E-state index in [0.29, 0.717) is 5.56 Å². The molecule has 1 aliphatic rings. The van der Waals surface area contributed by atoms with Gasteiger partial charge in [-0.25, -0.2) is 8.42 Å². The van der Waals surface area contributed by atoms with Crippen LogP contribution in [0.2, 0.25) is 0 Å². The molecule has 5 nitrogen and oxygen atoms in total. The molecule has 6 heteroatoms. The summed E-state index contributed by atoms with van der Waals surface area (Å²) in [5, 5.41) is 3.08. The Bertz CT molecular complexity index is 1130. The molecule has 1 aliphatic carbocycles. The van der Waals surface area contributed by atoms with E-state index in [1.165, 1.54) is 17.7 Å². The smallest absolute Gasteiger partial charge is 0.261 e. The minimum atomic E-state index is -3.78. The van der Waals surface area contributed by atoms with Gasteiger partial charge < -0.3 is 5.32 Å². The van der Waals surface area contributed by atoms with Crippen molar-refractivity contribution in [3.8, 4) is 0 Å². The van der Waals surface area contributed by atoms with Crippen LogP contribution in [0.5, 0.6) is 0 Å². The largest absolute Gasteiger partial charge is 0.345 e. The van der Waals surface area contributed by atoms with E-state index < -0.39 is 10.0 Å². The quantitative estimate of drug-likeness (QED) is 0.664. The maximum atomic E-state index is 13.0. The van der Waals surface area contributed by atoms with Gasteiger partial charge in [-0.1, -0.05) is 54.6 Å². The Kier molecular flexibility index (Phi) is 5.36. The third kappa shape index (κ3) is 4.17. The fourth-order valence-corrected chi connectivity index (χ4v) is 4.81. The molecule has 1 atom stereocenters. The summed E-state index contributed by atoms with van der Waals surface area (Å²) in [4.78, 5) is 13.2. The molecule has 0 bridgehead atoms. The minimum Gasteiger partial charge on any atom is -0.345 e. The van der Waals surface area contributed by atoms with E-state index in [2.05, 4.69) is 16.1 Å². The second-order valence-corrected chi connectivity index (χ2v) is 8.76. The van der Waals surface area contributed by atoms with E-state index in [4.69, 9.17) is 0 Å². The molecule has 0 fully saturated rings. The zero-order valence-corrected chi connectivity index (χ0v) is 16.7. The highest BCUT2D eigenvalue weighted by atomic mass is 32.2. The predicted molar refractivity (Wildman–Crippen MR) is 113 cm³/mol. The second-order valence-electron chi connectivity index (χ2n) is 7.08. The van der Waals surface area contributed by atoms with Gasteiger partial charge in [-0.15, -0.1) is 0 Å². The number of amides is 1. The van der Waals surface area contributed by atoms with Crippen LogP contribution in [-0.2, 0) is 16.4 Å². The van der Waals surface area contributed by atoms with Crippen molar-refractivity contribution >= 4 is 21.6 Å². The monoisotopic (exact) mass is 406 g/mol. The maximum absolute atomic E-state index is 13.0. The number of carbonyl (C=O) groups excluding carboxylic acids is 1. The Balaban J connectivity index is 1.58. The van der Waals surface area contributed by atoms with Crippen molar-refractivity contribution < 1.29 is 13.2 Å². The summed E-state index contributed by atoms with van der Waals surface area (Å²) >= 11 is 0. The normalized spacial score (nSPS) is 15.9. The van der Waals surface area contributed by atoms with Crippen molar-refractivity contribution in [2.24, 2.45) is 0 Å². The third-order valence-corrected chi connectivity index (χ3v) is 6.53. The number of sulfonamides is 1. The van der Waals surface area contributed by atoms with Gasteiger partial charge in [0.2, 0.25) is 0 Å². The summed E-state index contributed by atoms with van der Waals surface area (Å²) in [7, 11) is -3.78. The lowest BCUT2D eigenvalue weighted by atomic mass is 9.87. The van der Waals surface area contributed by atoms with E-state index in [1.54, 1.807) is 42.5 Å². The first-order valence-electron chi connectivity index (χ1n) is 9.60. The summed E-state index contributed by atoms with van der Waals surface area (Å²) in [6, 6.07) is 22.8. The topological polar surface area (TPSA) is 75.3 Å². The highest BCUT2D eigenvalue weighted by Gasteiger charge is 2.24. The first kappa shape index (κ1) is 19.2. The van der Waals surface area contributed by atoms with Gasteiger partial charge in [0, 0.05) is 0 Å². The van der Waals surface area contributed by atoms with E-state index >= 15 is 0 Å². The molecule has 3 aromatic rings. The van der Waals surface area contributed by atoms with Gasteiger partial charge in [-0.2, -0.15) is 0 Å². The third-order valence-electron chi connectivity index (χ3n) is 5.14. The molecule has 4 rings (SSSR count). The molecule has 2 N–H and O–H groups in total. The molecule has 0 aliphatic heterocycles. The van der Waals surface area contributed by atoms with E-state index in [-0.39, 0.29) is 22.5 Å². The van der Waals surface area contributed by atoms with Crippen molar-refractivity contribution in [1.82, 2.24) is 5.32 Å². The zero-order valence-electron chi connectivity index (χ0n) is 15.8. The maximum Gasteiger partial charge on any atom is 0.261 e. The number of hydrogen-bond acceptors (Lipinski definition) is 3. The average molecular weight is 407 g/mol. The molecule has 0 radical (unpaired) electrons. The standard InChI is InChI=1S/C23H22N2O3S/c26-23(24-21-16-8-10-17-9-4-5-13-19(17)21)20-14-6-7-15-22(20)25-29(27,28)18-11-2-1-3-12-18/h1-7,9,11-15,21,25H,8,10,16H2,(H,24,26)/t21-/m1/s1. The first-order chi connectivity index (χ1) is 14.0. The van der Waals surface area contributed by atoms with Crippen LogP contribution in [0.3, 0.4) is 0 Å². The van der Waals surface area contributed by atoms with Crippen LogP contribution in [0.15, 0.2) is 83.8 Å². The summed E-state index contributed by atoms with van der Waals surface area (Å²) in [6.45, 7) is 0. The number of rotatable bonds is 5. The molecular weight excluding hydrogens is 384 g/mol. The molecule has 0 unspecified atom stereocenters. The highest BCUT2D eigenvalue weighted by Crippen LogP contribution is 2.30. The SMILES string of the molecule is O=C(N[C@@H]1CCCc2ccccc21)c1ccccc1NS(=O)(=O)c1ccccc1. The highest BCUT2D eigenvalue weighted by molar-refractivity contribution is 7.92. The molecule has 0 saturated heterocycles. The number of carbonyl (C=O) groups is 1. The number of fused-ring (bicyclic) bond motifs is 1. The molecule has 0 spiro atoms. The van der Waals surface area contributed by atoms with Gasteiger partial charge in [0.25, 0.3) is 15.9 Å². The number of para-hydroxylation sites is 1. The summed E-state index contributed by atoms with van der Waals surface area (Å²) in [5.74, 6) is -0.293. The van der Waals surface area contributed by atoms with Crippen LogP contribution in [-0.4, -0.2) is 14.3 Å². The fourth-order valence-electron chi connectivity index (χ4n) is 3.71. The molecule has 0 saturated carbocycles. The zero-order chi connectivity index (χ0) is 20.3. The van der Waals surface area contributed by atoms with Crippen molar-refractivity contribution in [2.45, 2.75) is 30.2 Å². The predicted octanol–water partition coefficient (Wildman–Crippen LogP) is 4.29. The summed E-state index contributed by atoms with van der Waals surface area (Å²) < 4.78 is 27.9. The fraction of sp³-hybridized carbons (Fsp3) is 0.174. The second kappa shape index (κ2) is 8.09.